The number of esters is 1. The van der Waals surface area contributed by atoms with E-state index < -0.39 is 10.7 Å². The third-order valence-corrected chi connectivity index (χ3v) is 2.54. The minimum atomic E-state index is -1.38. The van der Waals surface area contributed by atoms with Crippen molar-refractivity contribution in [3.8, 4) is 5.40 Å². The summed E-state index contributed by atoms with van der Waals surface area (Å²) in [5.41, 5.74) is 0. The Morgan fingerprint density at radius 1 is 1.62 bits per heavy atom. The lowest BCUT2D eigenvalue weighted by molar-refractivity contribution is -0.148. The van der Waals surface area contributed by atoms with Gasteiger partial charge in [0.1, 0.15) is 5.40 Å². The highest BCUT2D eigenvalue weighted by Gasteiger charge is 2.41. The highest BCUT2D eigenvalue weighted by molar-refractivity contribution is 8.06. The summed E-state index contributed by atoms with van der Waals surface area (Å²) in [7, 11) is 0. The zero-order chi connectivity index (χ0) is 10.5. The summed E-state index contributed by atoms with van der Waals surface area (Å²) in [6, 6.07) is 0. The van der Waals surface area contributed by atoms with E-state index in [1.54, 1.807) is 12.3 Å². The molecule has 0 amide bonds. The lowest BCUT2D eigenvalue weighted by atomic mass is 10.1. The van der Waals surface area contributed by atoms with Crippen LogP contribution in [0.1, 0.15) is 20.8 Å². The second kappa shape index (κ2) is 4.87. The summed E-state index contributed by atoms with van der Waals surface area (Å²) in [5, 5.41) is 10.1. The van der Waals surface area contributed by atoms with Gasteiger partial charge in [0.2, 0.25) is 0 Å². The van der Waals surface area contributed by atoms with Crippen LogP contribution in [0.2, 0.25) is 0 Å². The standard InChI is InChI=1S/C8H11NO3S/c1-4-12-7(11)8(3,6(2)10)13-5-9/h4H2,1-3H3. The van der Waals surface area contributed by atoms with E-state index in [9.17, 15) is 9.59 Å². The number of nitriles is 1. The molecule has 0 aliphatic carbocycles. The Hall–Kier alpha value is -1.02. The molecule has 0 N–H and O–H groups in total. The summed E-state index contributed by atoms with van der Waals surface area (Å²) in [6.45, 7) is 4.51. The van der Waals surface area contributed by atoms with Crippen molar-refractivity contribution >= 4 is 23.5 Å². The first kappa shape index (κ1) is 12.0. The van der Waals surface area contributed by atoms with E-state index in [1.165, 1.54) is 13.8 Å². The minimum Gasteiger partial charge on any atom is -0.465 e. The zero-order valence-electron chi connectivity index (χ0n) is 7.79. The van der Waals surface area contributed by atoms with E-state index in [0.29, 0.717) is 11.8 Å². The Morgan fingerprint density at radius 2 is 2.15 bits per heavy atom. The maximum Gasteiger partial charge on any atom is 0.330 e. The van der Waals surface area contributed by atoms with E-state index in [1.807, 2.05) is 0 Å². The molecule has 0 aromatic carbocycles. The van der Waals surface area contributed by atoms with E-state index in [-0.39, 0.29) is 12.4 Å². The van der Waals surface area contributed by atoms with Gasteiger partial charge in [-0.3, -0.25) is 9.59 Å². The Labute approximate surface area is 81.2 Å². The van der Waals surface area contributed by atoms with Gasteiger partial charge < -0.3 is 4.74 Å². The van der Waals surface area contributed by atoms with Crippen LogP contribution in [0.4, 0.5) is 0 Å². The molecule has 0 aliphatic heterocycles. The van der Waals surface area contributed by atoms with Crippen LogP contribution < -0.4 is 0 Å². The molecule has 0 spiro atoms. The number of rotatable bonds is 4. The number of carbonyl (C=O) groups is 2. The summed E-state index contributed by atoms with van der Waals surface area (Å²) in [6.07, 6.45) is 0. The van der Waals surface area contributed by atoms with Crippen LogP contribution in [-0.4, -0.2) is 23.1 Å². The average Bonchev–Trinajstić information content (AvgIpc) is 2.04. The van der Waals surface area contributed by atoms with E-state index >= 15 is 0 Å². The van der Waals surface area contributed by atoms with Gasteiger partial charge in [0.25, 0.3) is 0 Å². The molecular formula is C8H11NO3S. The molecule has 5 heteroatoms. The Morgan fingerprint density at radius 3 is 2.46 bits per heavy atom. The van der Waals surface area contributed by atoms with Gasteiger partial charge in [-0.2, -0.15) is 5.26 Å². The van der Waals surface area contributed by atoms with Gasteiger partial charge in [0.15, 0.2) is 10.5 Å². The maximum atomic E-state index is 11.3. The third-order valence-electron chi connectivity index (χ3n) is 1.59. The largest absolute Gasteiger partial charge is 0.465 e. The Bertz CT molecular complexity index is 259. The molecule has 0 saturated heterocycles. The van der Waals surface area contributed by atoms with Crippen LogP contribution in [0, 0.1) is 10.7 Å². The third kappa shape index (κ3) is 2.74. The summed E-state index contributed by atoms with van der Waals surface area (Å²) >= 11 is 0.616. The van der Waals surface area contributed by atoms with Crippen LogP contribution in [-0.2, 0) is 14.3 Å². The molecular weight excluding hydrogens is 190 g/mol. The van der Waals surface area contributed by atoms with E-state index in [4.69, 9.17) is 5.26 Å². The highest BCUT2D eigenvalue weighted by atomic mass is 32.2. The fourth-order valence-corrected chi connectivity index (χ4v) is 1.09. The van der Waals surface area contributed by atoms with Crippen LogP contribution in [0.15, 0.2) is 0 Å². The molecule has 0 radical (unpaired) electrons. The van der Waals surface area contributed by atoms with Crippen molar-refractivity contribution in [3.05, 3.63) is 0 Å². The van der Waals surface area contributed by atoms with Gasteiger partial charge in [0, 0.05) is 0 Å². The monoisotopic (exact) mass is 201 g/mol. The molecule has 1 unspecified atom stereocenters. The zero-order valence-corrected chi connectivity index (χ0v) is 8.60. The molecule has 4 nitrogen and oxygen atoms in total. The number of Topliss-reactive ketones (excluding diaryl/α,β-unsaturated/α-hetero) is 1. The summed E-state index contributed by atoms with van der Waals surface area (Å²) < 4.78 is 3.31. The molecule has 0 heterocycles. The number of ketones is 1. The van der Waals surface area contributed by atoms with E-state index in [2.05, 4.69) is 4.74 Å². The summed E-state index contributed by atoms with van der Waals surface area (Å²) in [4.78, 5) is 22.4. The average molecular weight is 201 g/mol. The molecule has 0 fully saturated rings. The number of nitrogens with zero attached hydrogens (tertiary/aromatic N) is 1. The molecule has 1 atom stereocenters. The van der Waals surface area contributed by atoms with E-state index in [0.717, 1.165) is 0 Å². The van der Waals surface area contributed by atoms with Crippen molar-refractivity contribution in [2.24, 2.45) is 0 Å². The first-order chi connectivity index (χ1) is 5.99. The molecule has 0 saturated carbocycles. The first-order valence-electron chi connectivity index (χ1n) is 3.74. The predicted octanol–water partition coefficient (Wildman–Crippen LogP) is 1.11. The second-order valence-electron chi connectivity index (χ2n) is 2.50. The van der Waals surface area contributed by atoms with Crippen molar-refractivity contribution in [2.75, 3.05) is 6.61 Å². The quantitative estimate of drug-likeness (QED) is 0.387. The van der Waals surface area contributed by atoms with Gasteiger partial charge in [-0.25, -0.2) is 0 Å². The molecule has 0 bridgehead atoms. The number of carbonyl (C=O) groups excluding carboxylic acids is 2. The van der Waals surface area contributed by atoms with Crippen molar-refractivity contribution in [3.63, 3.8) is 0 Å². The van der Waals surface area contributed by atoms with Crippen molar-refractivity contribution in [1.82, 2.24) is 0 Å². The van der Waals surface area contributed by atoms with Gasteiger partial charge in [-0.1, -0.05) is 0 Å². The molecule has 0 aromatic heterocycles. The fraction of sp³-hybridized carbons (Fsp3) is 0.625. The molecule has 13 heavy (non-hydrogen) atoms. The van der Waals surface area contributed by atoms with Crippen molar-refractivity contribution in [1.29, 1.82) is 5.26 Å². The van der Waals surface area contributed by atoms with Crippen LogP contribution >= 0.6 is 11.8 Å². The molecule has 0 rings (SSSR count). The predicted molar refractivity (Wildman–Crippen MR) is 48.9 cm³/mol. The minimum absolute atomic E-state index is 0.202. The molecule has 72 valence electrons. The van der Waals surface area contributed by atoms with Crippen LogP contribution in [0.3, 0.4) is 0 Å². The number of thiocyanates is 1. The van der Waals surface area contributed by atoms with Crippen molar-refractivity contribution < 1.29 is 14.3 Å². The SMILES string of the molecule is CCOC(=O)C(C)(SC#N)C(C)=O. The van der Waals surface area contributed by atoms with Gasteiger partial charge in [-0.05, 0) is 32.5 Å². The number of ether oxygens (including phenoxy) is 1. The fourth-order valence-electron chi connectivity index (χ4n) is 0.617. The summed E-state index contributed by atoms with van der Waals surface area (Å²) in [5.74, 6) is -1.04. The van der Waals surface area contributed by atoms with Gasteiger partial charge >= 0.3 is 5.97 Å². The molecule has 0 aliphatic rings. The Kier molecular flexibility index (Phi) is 4.49. The lowest BCUT2D eigenvalue weighted by Gasteiger charge is -2.19. The van der Waals surface area contributed by atoms with Crippen LogP contribution in [0.25, 0.3) is 0 Å². The second-order valence-corrected chi connectivity index (χ2v) is 3.71. The normalized spacial score (nSPS) is 14.0. The highest BCUT2D eigenvalue weighted by Crippen LogP contribution is 2.26. The Balaban J connectivity index is 4.70. The topological polar surface area (TPSA) is 67.2 Å². The smallest absolute Gasteiger partial charge is 0.330 e. The number of hydrogen-bond acceptors (Lipinski definition) is 5. The van der Waals surface area contributed by atoms with Crippen LogP contribution in [0.5, 0.6) is 0 Å². The van der Waals surface area contributed by atoms with Crippen molar-refractivity contribution in [2.45, 2.75) is 25.5 Å². The van der Waals surface area contributed by atoms with Gasteiger partial charge in [0.05, 0.1) is 6.61 Å². The number of thioether (sulfide) groups is 1. The lowest BCUT2D eigenvalue weighted by Crippen LogP contribution is -2.40. The molecule has 0 aromatic rings. The first-order valence-corrected chi connectivity index (χ1v) is 4.56. The number of hydrogen-bond donors (Lipinski definition) is 0. The van der Waals surface area contributed by atoms with Gasteiger partial charge in [-0.15, -0.1) is 0 Å². The maximum absolute atomic E-state index is 11.3.